The number of methoxy groups -OCH3 is 1. The number of hydrogen-bond donors (Lipinski definition) is 1. The van der Waals surface area contributed by atoms with Crippen molar-refractivity contribution in [3.63, 3.8) is 0 Å². The van der Waals surface area contributed by atoms with Crippen molar-refractivity contribution in [2.75, 3.05) is 19.0 Å². The van der Waals surface area contributed by atoms with E-state index in [1.807, 2.05) is 36.6 Å². The van der Waals surface area contributed by atoms with Crippen LogP contribution in [0.1, 0.15) is 16.8 Å². The fraction of sp³-hybridized carbons (Fsp3) is 0.208. The Morgan fingerprint density at radius 1 is 1.13 bits per heavy atom. The summed E-state index contributed by atoms with van der Waals surface area (Å²) in [7, 11) is 1.53. The maximum Gasteiger partial charge on any atom is 0.147 e. The van der Waals surface area contributed by atoms with E-state index in [0.717, 1.165) is 22.2 Å². The van der Waals surface area contributed by atoms with Gasteiger partial charge in [-0.3, -0.25) is 0 Å². The predicted molar refractivity (Wildman–Crippen MR) is 119 cm³/mol. The van der Waals surface area contributed by atoms with E-state index in [0.29, 0.717) is 41.4 Å². The number of hydrogen-bond acceptors (Lipinski definition) is 5. The molecule has 156 valence electrons. The number of ether oxygens (including phenoxy) is 1. The summed E-state index contributed by atoms with van der Waals surface area (Å²) in [4.78, 5) is 8.62. The maximum atomic E-state index is 14.5. The molecule has 6 nitrogen and oxygen atoms in total. The molecule has 0 amide bonds. The lowest BCUT2D eigenvalue weighted by molar-refractivity contribution is 0.413. The molecule has 2 heterocycles. The van der Waals surface area contributed by atoms with E-state index in [9.17, 15) is 4.39 Å². The zero-order chi connectivity index (χ0) is 22.0. The van der Waals surface area contributed by atoms with Crippen molar-refractivity contribution in [3.05, 3.63) is 71.4 Å². The molecule has 0 atom stereocenters. The summed E-state index contributed by atoms with van der Waals surface area (Å²) in [5.41, 5.74) is 4.71. The number of rotatable bonds is 6. The molecule has 0 aliphatic carbocycles. The van der Waals surface area contributed by atoms with Crippen molar-refractivity contribution in [2.24, 2.45) is 0 Å². The van der Waals surface area contributed by atoms with Crippen molar-refractivity contribution in [3.8, 4) is 23.1 Å². The second kappa shape index (κ2) is 8.44. The Morgan fingerprint density at radius 2 is 1.97 bits per heavy atom. The van der Waals surface area contributed by atoms with Crippen LogP contribution >= 0.6 is 0 Å². The molecular formula is C24H22FN5O. The number of nitrogens with zero attached hydrogens (tertiary/aromatic N) is 4. The summed E-state index contributed by atoms with van der Waals surface area (Å²) in [5, 5.41) is 13.4. The van der Waals surface area contributed by atoms with Gasteiger partial charge in [0.1, 0.15) is 29.8 Å². The van der Waals surface area contributed by atoms with E-state index in [1.165, 1.54) is 19.5 Å². The molecule has 31 heavy (non-hydrogen) atoms. The van der Waals surface area contributed by atoms with Gasteiger partial charge in [0.05, 0.1) is 23.9 Å². The minimum Gasteiger partial charge on any atom is -0.495 e. The number of nitriles is 1. The summed E-state index contributed by atoms with van der Waals surface area (Å²) >= 11 is 0. The molecule has 1 N–H and O–H groups in total. The normalized spacial score (nSPS) is 10.8. The van der Waals surface area contributed by atoms with Gasteiger partial charge in [0.25, 0.3) is 0 Å². The standard InChI is InChI=1S/C24H22FN5O/c1-15-4-7-20(25)24-19(15)10-16(2)30(24)9-8-27-23-12-21(28-14-29-23)17-5-6-18(13-26)22(11-17)31-3/h4-7,10-12,14H,8-9H2,1-3H3,(H,27,28,29). The molecular weight excluding hydrogens is 393 g/mol. The van der Waals surface area contributed by atoms with Gasteiger partial charge >= 0.3 is 0 Å². The molecule has 2 aromatic carbocycles. The summed E-state index contributed by atoms with van der Waals surface area (Å²) in [6, 6.07) is 14.6. The average Bonchev–Trinajstić information content (AvgIpc) is 3.13. The second-order valence-corrected chi connectivity index (χ2v) is 7.31. The first-order valence-corrected chi connectivity index (χ1v) is 9.91. The fourth-order valence-corrected chi connectivity index (χ4v) is 3.74. The van der Waals surface area contributed by atoms with Gasteiger partial charge in [0.15, 0.2) is 0 Å². The first-order chi connectivity index (χ1) is 15.0. The molecule has 7 heteroatoms. The Hall–Kier alpha value is -3.92. The van der Waals surface area contributed by atoms with Crippen molar-refractivity contribution in [1.29, 1.82) is 5.26 Å². The maximum absolute atomic E-state index is 14.5. The highest BCUT2D eigenvalue weighted by Gasteiger charge is 2.12. The van der Waals surface area contributed by atoms with E-state index < -0.39 is 0 Å². The van der Waals surface area contributed by atoms with Crippen LogP contribution in [0.25, 0.3) is 22.2 Å². The second-order valence-electron chi connectivity index (χ2n) is 7.31. The zero-order valence-electron chi connectivity index (χ0n) is 17.6. The molecule has 0 radical (unpaired) electrons. The van der Waals surface area contributed by atoms with Gasteiger partial charge in [0.2, 0.25) is 0 Å². The number of halogens is 1. The third-order valence-corrected chi connectivity index (χ3v) is 5.36. The molecule has 4 aromatic rings. The Morgan fingerprint density at radius 3 is 2.74 bits per heavy atom. The largest absolute Gasteiger partial charge is 0.495 e. The minimum absolute atomic E-state index is 0.215. The molecule has 4 rings (SSSR count). The average molecular weight is 415 g/mol. The summed E-state index contributed by atoms with van der Waals surface area (Å²) < 4.78 is 21.7. The van der Waals surface area contributed by atoms with Gasteiger partial charge in [-0.15, -0.1) is 0 Å². The number of fused-ring (bicyclic) bond motifs is 1. The van der Waals surface area contributed by atoms with Crippen LogP contribution in [-0.2, 0) is 6.54 Å². The highest BCUT2D eigenvalue weighted by molar-refractivity contribution is 5.85. The molecule has 0 aliphatic rings. The van der Waals surface area contributed by atoms with Crippen LogP contribution in [0.2, 0.25) is 0 Å². The summed E-state index contributed by atoms with van der Waals surface area (Å²) in [5.74, 6) is 0.951. The predicted octanol–water partition coefficient (Wildman–Crippen LogP) is 4.85. The summed E-state index contributed by atoms with van der Waals surface area (Å²) in [6.45, 7) is 5.15. The van der Waals surface area contributed by atoms with Crippen LogP contribution in [-0.4, -0.2) is 28.2 Å². The zero-order valence-corrected chi connectivity index (χ0v) is 17.6. The lowest BCUT2D eigenvalue weighted by Gasteiger charge is -2.12. The SMILES string of the molecule is COc1cc(-c2cc(NCCn3c(C)cc4c(C)ccc(F)c43)ncn2)ccc1C#N. The minimum atomic E-state index is -0.215. The number of anilines is 1. The van der Waals surface area contributed by atoms with Crippen LogP contribution in [0, 0.1) is 31.0 Å². The number of nitrogens with one attached hydrogen (secondary N) is 1. The molecule has 0 aliphatic heterocycles. The Balaban J connectivity index is 1.53. The fourth-order valence-electron chi connectivity index (χ4n) is 3.74. The highest BCUT2D eigenvalue weighted by Crippen LogP contribution is 2.27. The Bertz CT molecular complexity index is 1310. The van der Waals surface area contributed by atoms with E-state index in [4.69, 9.17) is 10.00 Å². The van der Waals surface area contributed by atoms with Crippen LogP contribution in [0.15, 0.2) is 48.8 Å². The summed E-state index contributed by atoms with van der Waals surface area (Å²) in [6.07, 6.45) is 1.49. The van der Waals surface area contributed by atoms with Gasteiger partial charge in [-0.2, -0.15) is 5.26 Å². The van der Waals surface area contributed by atoms with Crippen molar-refractivity contribution >= 4 is 16.7 Å². The monoisotopic (exact) mass is 415 g/mol. The molecule has 0 unspecified atom stereocenters. The van der Waals surface area contributed by atoms with Crippen LogP contribution in [0.5, 0.6) is 5.75 Å². The quantitative estimate of drug-likeness (QED) is 0.487. The van der Waals surface area contributed by atoms with Gasteiger partial charge in [-0.05, 0) is 43.7 Å². The van der Waals surface area contributed by atoms with Gasteiger partial charge in [-0.25, -0.2) is 14.4 Å². The van der Waals surface area contributed by atoms with Crippen LogP contribution in [0.4, 0.5) is 10.2 Å². The molecule has 0 fully saturated rings. The molecule has 0 saturated heterocycles. The first-order valence-electron chi connectivity index (χ1n) is 9.91. The number of aryl methyl sites for hydroxylation is 2. The van der Waals surface area contributed by atoms with Crippen molar-refractivity contribution in [1.82, 2.24) is 14.5 Å². The Labute approximate surface area is 179 Å². The Kier molecular flexibility index (Phi) is 5.54. The first kappa shape index (κ1) is 20.4. The van der Waals surface area contributed by atoms with Crippen molar-refractivity contribution < 1.29 is 9.13 Å². The molecule has 2 aromatic heterocycles. The topological polar surface area (TPSA) is 75.8 Å². The van der Waals surface area contributed by atoms with Crippen LogP contribution < -0.4 is 10.1 Å². The van der Waals surface area contributed by atoms with Crippen molar-refractivity contribution in [2.45, 2.75) is 20.4 Å². The number of aromatic nitrogens is 3. The van der Waals surface area contributed by atoms with Gasteiger partial charge < -0.3 is 14.6 Å². The van der Waals surface area contributed by atoms with Gasteiger partial charge in [0, 0.05) is 35.8 Å². The third kappa shape index (κ3) is 3.92. The van der Waals surface area contributed by atoms with E-state index in [1.54, 1.807) is 18.2 Å². The van der Waals surface area contributed by atoms with E-state index >= 15 is 0 Å². The third-order valence-electron chi connectivity index (χ3n) is 5.36. The van der Waals surface area contributed by atoms with E-state index in [-0.39, 0.29) is 5.82 Å². The molecule has 0 saturated carbocycles. The molecule has 0 bridgehead atoms. The van der Waals surface area contributed by atoms with Gasteiger partial charge in [-0.1, -0.05) is 12.1 Å². The molecule has 0 spiro atoms. The van der Waals surface area contributed by atoms with Crippen LogP contribution in [0.3, 0.4) is 0 Å². The smallest absolute Gasteiger partial charge is 0.147 e. The lowest BCUT2D eigenvalue weighted by Crippen LogP contribution is -2.13. The highest BCUT2D eigenvalue weighted by atomic mass is 19.1. The van der Waals surface area contributed by atoms with E-state index in [2.05, 4.69) is 21.4 Å². The number of benzene rings is 2. The lowest BCUT2D eigenvalue weighted by atomic mass is 10.1.